The molecule has 1 fully saturated rings. The van der Waals surface area contributed by atoms with Crippen molar-refractivity contribution in [3.8, 4) is 11.5 Å². The Morgan fingerprint density at radius 3 is 2.44 bits per heavy atom. The van der Waals surface area contributed by atoms with Gasteiger partial charge in [-0.05, 0) is 24.3 Å². The van der Waals surface area contributed by atoms with E-state index in [2.05, 4.69) is 15.2 Å². The summed E-state index contributed by atoms with van der Waals surface area (Å²) in [6, 6.07) is 11.1. The lowest BCUT2D eigenvalue weighted by atomic mass is 10.2. The number of carbonyl (C=O) groups is 1. The molecule has 0 atom stereocenters. The molecule has 2 amide bonds. The fraction of sp³-hybridized carbons (Fsp3) is 0.333. The maximum Gasteiger partial charge on any atom is 0.321 e. The summed E-state index contributed by atoms with van der Waals surface area (Å²) >= 11 is 0. The molecule has 0 saturated carbocycles. The molecule has 0 radical (unpaired) electrons. The summed E-state index contributed by atoms with van der Waals surface area (Å²) in [7, 11) is 3.15. The fourth-order valence-corrected chi connectivity index (χ4v) is 2.80. The Labute approximate surface area is 147 Å². The minimum absolute atomic E-state index is 0.118. The number of carbonyl (C=O) groups excluding carboxylic acids is 1. The van der Waals surface area contributed by atoms with Crippen molar-refractivity contribution in [3.05, 3.63) is 42.6 Å². The molecule has 1 aliphatic heterocycles. The van der Waals surface area contributed by atoms with Crippen LogP contribution in [0.4, 0.5) is 16.3 Å². The average Bonchev–Trinajstić information content (AvgIpc) is 2.68. The van der Waals surface area contributed by atoms with E-state index in [9.17, 15) is 4.79 Å². The number of ether oxygens (including phenoxy) is 2. The van der Waals surface area contributed by atoms with Crippen LogP contribution in [0.15, 0.2) is 42.6 Å². The van der Waals surface area contributed by atoms with Crippen LogP contribution in [0.5, 0.6) is 11.5 Å². The molecule has 132 valence electrons. The molecule has 7 nitrogen and oxygen atoms in total. The molecule has 1 aliphatic rings. The summed E-state index contributed by atoms with van der Waals surface area (Å²) in [5.41, 5.74) is 0.676. The summed E-state index contributed by atoms with van der Waals surface area (Å²) in [4.78, 5) is 20.8. The van der Waals surface area contributed by atoms with E-state index in [1.807, 2.05) is 18.2 Å². The number of anilines is 2. The molecule has 0 spiro atoms. The molecule has 0 bridgehead atoms. The SMILES string of the molecule is COc1ccc(NC(=O)N2CCN(c3ccccn3)CC2)cc1OC. The standard InChI is InChI=1S/C18H22N4O3/c1-24-15-7-6-14(13-16(15)25-2)20-18(23)22-11-9-21(10-12-22)17-5-3-4-8-19-17/h3-8,13H,9-12H2,1-2H3,(H,20,23). The lowest BCUT2D eigenvalue weighted by Gasteiger charge is -2.35. The van der Waals surface area contributed by atoms with Crippen molar-refractivity contribution in [2.24, 2.45) is 0 Å². The smallest absolute Gasteiger partial charge is 0.321 e. The van der Waals surface area contributed by atoms with Gasteiger partial charge in [0.2, 0.25) is 0 Å². The fourth-order valence-electron chi connectivity index (χ4n) is 2.80. The third-order valence-corrected chi connectivity index (χ3v) is 4.17. The lowest BCUT2D eigenvalue weighted by Crippen LogP contribution is -2.50. The number of pyridine rings is 1. The Bertz CT molecular complexity index is 716. The Morgan fingerprint density at radius 2 is 1.80 bits per heavy atom. The van der Waals surface area contributed by atoms with Gasteiger partial charge in [-0.3, -0.25) is 0 Å². The number of piperazine rings is 1. The van der Waals surface area contributed by atoms with E-state index in [0.29, 0.717) is 30.3 Å². The van der Waals surface area contributed by atoms with Crippen LogP contribution in [0.25, 0.3) is 0 Å². The second kappa shape index (κ2) is 7.74. The molecule has 1 saturated heterocycles. The van der Waals surface area contributed by atoms with Crippen LogP contribution >= 0.6 is 0 Å². The zero-order valence-corrected chi connectivity index (χ0v) is 14.4. The van der Waals surface area contributed by atoms with E-state index in [1.165, 1.54) is 0 Å². The predicted molar refractivity (Wildman–Crippen MR) is 96.6 cm³/mol. The van der Waals surface area contributed by atoms with Gasteiger partial charge < -0.3 is 24.6 Å². The minimum atomic E-state index is -0.118. The highest BCUT2D eigenvalue weighted by atomic mass is 16.5. The molecule has 0 unspecified atom stereocenters. The predicted octanol–water partition coefficient (Wildman–Crippen LogP) is 2.45. The second-order valence-corrected chi connectivity index (χ2v) is 5.66. The molecule has 1 aromatic carbocycles. The minimum Gasteiger partial charge on any atom is -0.493 e. The van der Waals surface area contributed by atoms with Gasteiger partial charge in [-0.1, -0.05) is 6.07 Å². The van der Waals surface area contributed by atoms with Gasteiger partial charge in [0, 0.05) is 44.1 Å². The van der Waals surface area contributed by atoms with Crippen LogP contribution in [0.1, 0.15) is 0 Å². The number of methoxy groups -OCH3 is 2. The van der Waals surface area contributed by atoms with Gasteiger partial charge in [0.05, 0.1) is 14.2 Å². The monoisotopic (exact) mass is 342 g/mol. The quantitative estimate of drug-likeness (QED) is 0.924. The third kappa shape index (κ3) is 3.93. The average molecular weight is 342 g/mol. The first-order valence-corrected chi connectivity index (χ1v) is 8.15. The molecule has 2 heterocycles. The van der Waals surface area contributed by atoms with Crippen molar-refractivity contribution < 1.29 is 14.3 Å². The number of nitrogens with zero attached hydrogens (tertiary/aromatic N) is 3. The van der Waals surface area contributed by atoms with Gasteiger partial charge in [-0.2, -0.15) is 0 Å². The number of hydrogen-bond acceptors (Lipinski definition) is 5. The van der Waals surface area contributed by atoms with E-state index in [1.54, 1.807) is 43.5 Å². The van der Waals surface area contributed by atoms with E-state index in [4.69, 9.17) is 9.47 Å². The maximum absolute atomic E-state index is 12.5. The second-order valence-electron chi connectivity index (χ2n) is 5.66. The van der Waals surface area contributed by atoms with Gasteiger partial charge >= 0.3 is 6.03 Å². The van der Waals surface area contributed by atoms with Crippen LogP contribution in [0.2, 0.25) is 0 Å². The normalized spacial score (nSPS) is 14.2. The maximum atomic E-state index is 12.5. The van der Waals surface area contributed by atoms with Crippen molar-refractivity contribution in [2.75, 3.05) is 50.6 Å². The highest BCUT2D eigenvalue weighted by molar-refractivity contribution is 5.90. The van der Waals surface area contributed by atoms with Crippen molar-refractivity contribution in [2.45, 2.75) is 0 Å². The molecule has 1 aromatic heterocycles. The highest BCUT2D eigenvalue weighted by Crippen LogP contribution is 2.29. The summed E-state index contributed by atoms with van der Waals surface area (Å²) in [6.07, 6.45) is 1.78. The van der Waals surface area contributed by atoms with Gasteiger partial charge in [0.25, 0.3) is 0 Å². The topological polar surface area (TPSA) is 66.9 Å². The van der Waals surface area contributed by atoms with Gasteiger partial charge in [-0.15, -0.1) is 0 Å². The first-order valence-electron chi connectivity index (χ1n) is 8.15. The number of aromatic nitrogens is 1. The zero-order chi connectivity index (χ0) is 17.6. The third-order valence-electron chi connectivity index (χ3n) is 4.17. The number of rotatable bonds is 4. The molecular weight excluding hydrogens is 320 g/mol. The van der Waals surface area contributed by atoms with Crippen molar-refractivity contribution in [1.29, 1.82) is 0 Å². The Kier molecular flexibility index (Phi) is 5.23. The molecule has 2 aromatic rings. The lowest BCUT2D eigenvalue weighted by molar-refractivity contribution is 0.208. The zero-order valence-electron chi connectivity index (χ0n) is 14.4. The van der Waals surface area contributed by atoms with Crippen molar-refractivity contribution in [1.82, 2.24) is 9.88 Å². The molecule has 25 heavy (non-hydrogen) atoms. The summed E-state index contributed by atoms with van der Waals surface area (Å²) in [5, 5.41) is 2.91. The molecule has 3 rings (SSSR count). The van der Waals surface area contributed by atoms with Crippen LogP contribution in [-0.4, -0.2) is 56.3 Å². The highest BCUT2D eigenvalue weighted by Gasteiger charge is 2.22. The van der Waals surface area contributed by atoms with E-state index in [0.717, 1.165) is 18.9 Å². The largest absolute Gasteiger partial charge is 0.493 e. The molecule has 0 aliphatic carbocycles. The Balaban J connectivity index is 1.58. The van der Waals surface area contributed by atoms with Gasteiger partial charge in [0.1, 0.15) is 5.82 Å². The number of urea groups is 1. The van der Waals surface area contributed by atoms with Crippen molar-refractivity contribution in [3.63, 3.8) is 0 Å². The van der Waals surface area contributed by atoms with Gasteiger partial charge in [0.15, 0.2) is 11.5 Å². The number of amides is 2. The summed E-state index contributed by atoms with van der Waals surface area (Å²) in [5.74, 6) is 2.16. The van der Waals surface area contributed by atoms with E-state index < -0.39 is 0 Å². The van der Waals surface area contributed by atoms with Crippen LogP contribution in [-0.2, 0) is 0 Å². The molecule has 1 N–H and O–H groups in total. The van der Waals surface area contributed by atoms with Crippen LogP contribution < -0.4 is 19.7 Å². The van der Waals surface area contributed by atoms with E-state index in [-0.39, 0.29) is 6.03 Å². The Hall–Kier alpha value is -2.96. The summed E-state index contributed by atoms with van der Waals surface area (Å²) in [6.45, 7) is 2.82. The summed E-state index contributed by atoms with van der Waals surface area (Å²) < 4.78 is 10.5. The first-order chi connectivity index (χ1) is 12.2. The van der Waals surface area contributed by atoms with Gasteiger partial charge in [-0.25, -0.2) is 9.78 Å². The van der Waals surface area contributed by atoms with Crippen LogP contribution in [0, 0.1) is 0 Å². The number of benzene rings is 1. The number of nitrogens with one attached hydrogen (secondary N) is 1. The number of hydrogen-bond donors (Lipinski definition) is 1. The van der Waals surface area contributed by atoms with Crippen LogP contribution in [0.3, 0.4) is 0 Å². The van der Waals surface area contributed by atoms with Crippen molar-refractivity contribution >= 4 is 17.5 Å². The molecule has 7 heteroatoms. The Morgan fingerprint density at radius 1 is 1.04 bits per heavy atom. The van der Waals surface area contributed by atoms with E-state index >= 15 is 0 Å². The first kappa shape index (κ1) is 16.9. The molecular formula is C18H22N4O3.